The second-order valence-corrected chi connectivity index (χ2v) is 15.5. The lowest BCUT2D eigenvalue weighted by atomic mass is 9.65. The molecule has 4 nitrogen and oxygen atoms in total. The molecule has 12 rings (SSSR count). The molecule has 2 aromatic heterocycles. The number of aromatic nitrogens is 3. The number of hydrogen-bond acceptors (Lipinski definition) is 4. The molecule has 0 fully saturated rings. The van der Waals surface area contributed by atoms with Crippen LogP contribution in [0.4, 0.5) is 0 Å². The summed E-state index contributed by atoms with van der Waals surface area (Å²) < 4.78 is 6.61. The van der Waals surface area contributed by atoms with Gasteiger partial charge in [0.15, 0.2) is 5.82 Å². The van der Waals surface area contributed by atoms with Crippen molar-refractivity contribution in [1.29, 1.82) is 0 Å². The molecular weight excluding hydrogens is 731 g/mol. The van der Waals surface area contributed by atoms with Crippen molar-refractivity contribution in [3.05, 3.63) is 235 Å². The number of pyridine rings is 1. The number of hydrogen-bond donors (Lipinski definition) is 0. The number of nitrogens with zero attached hydrogens (tertiary/aromatic N) is 3. The predicted molar refractivity (Wildman–Crippen MR) is 242 cm³/mol. The van der Waals surface area contributed by atoms with Crippen LogP contribution in [-0.4, -0.2) is 15.0 Å². The molecule has 0 amide bonds. The fourth-order valence-electron chi connectivity index (χ4n) is 9.54. The Kier molecular flexibility index (Phi) is 7.72. The van der Waals surface area contributed by atoms with Gasteiger partial charge in [0.05, 0.1) is 28.2 Å². The molecule has 1 aliphatic heterocycles. The minimum Gasteiger partial charge on any atom is -0.457 e. The summed E-state index contributed by atoms with van der Waals surface area (Å²) in [6.07, 6.45) is 0. The molecule has 2 aliphatic rings. The Morgan fingerprint density at radius 2 is 0.817 bits per heavy atom. The molecule has 4 heteroatoms. The van der Waals surface area contributed by atoms with E-state index in [-0.39, 0.29) is 0 Å². The van der Waals surface area contributed by atoms with Crippen LogP contribution in [0.25, 0.3) is 78.3 Å². The molecule has 10 aromatic rings. The first kappa shape index (κ1) is 34.1. The Hall–Kier alpha value is -7.95. The molecule has 8 aromatic carbocycles. The third kappa shape index (κ3) is 5.21. The highest BCUT2D eigenvalue weighted by Gasteiger charge is 2.52. The van der Waals surface area contributed by atoms with Crippen LogP contribution < -0.4 is 4.74 Å². The molecule has 0 unspecified atom stereocenters. The third-order valence-electron chi connectivity index (χ3n) is 12.1. The highest BCUT2D eigenvalue weighted by molar-refractivity contribution is 6.05. The summed E-state index contributed by atoms with van der Waals surface area (Å²) in [5.74, 6) is 2.43. The Morgan fingerprint density at radius 3 is 1.47 bits per heavy atom. The van der Waals surface area contributed by atoms with Gasteiger partial charge in [-0.1, -0.05) is 182 Å². The van der Waals surface area contributed by atoms with Crippen LogP contribution >= 0.6 is 0 Å². The molecular formula is C56H35N3O. The highest BCUT2D eigenvalue weighted by atomic mass is 16.5. The van der Waals surface area contributed by atoms with Crippen LogP contribution in [0, 0.1) is 0 Å². The minimum absolute atomic E-state index is 0.606. The van der Waals surface area contributed by atoms with E-state index in [0.717, 1.165) is 89.7 Å². The minimum atomic E-state index is -0.606. The first-order valence-electron chi connectivity index (χ1n) is 20.4. The van der Waals surface area contributed by atoms with E-state index in [9.17, 15) is 0 Å². The maximum atomic E-state index is 6.61. The van der Waals surface area contributed by atoms with Crippen LogP contribution in [0.1, 0.15) is 22.3 Å². The zero-order valence-corrected chi connectivity index (χ0v) is 32.5. The van der Waals surface area contributed by atoms with Crippen molar-refractivity contribution in [2.24, 2.45) is 0 Å². The molecule has 60 heavy (non-hydrogen) atoms. The highest BCUT2D eigenvalue weighted by Crippen LogP contribution is 2.63. The van der Waals surface area contributed by atoms with Crippen LogP contribution in [0.5, 0.6) is 11.5 Å². The maximum Gasteiger partial charge on any atom is 0.160 e. The number of fused-ring (bicyclic) bond motifs is 11. The van der Waals surface area contributed by atoms with Crippen LogP contribution in [-0.2, 0) is 5.41 Å². The Bertz CT molecular complexity index is 3200. The average molecular weight is 766 g/mol. The van der Waals surface area contributed by atoms with Crippen molar-refractivity contribution in [1.82, 2.24) is 15.0 Å². The van der Waals surface area contributed by atoms with Gasteiger partial charge in [-0.15, -0.1) is 0 Å². The normalized spacial score (nSPS) is 12.9. The fourth-order valence-corrected chi connectivity index (χ4v) is 9.54. The molecule has 0 N–H and O–H groups in total. The van der Waals surface area contributed by atoms with Crippen molar-refractivity contribution in [3.63, 3.8) is 0 Å². The van der Waals surface area contributed by atoms with Gasteiger partial charge in [0.1, 0.15) is 11.5 Å². The molecule has 1 aliphatic carbocycles. The van der Waals surface area contributed by atoms with Crippen molar-refractivity contribution < 1.29 is 4.74 Å². The summed E-state index contributed by atoms with van der Waals surface area (Å²) in [4.78, 5) is 15.9. The molecule has 1 spiro atoms. The van der Waals surface area contributed by atoms with Crippen LogP contribution in [0.15, 0.2) is 212 Å². The van der Waals surface area contributed by atoms with E-state index >= 15 is 0 Å². The molecule has 0 radical (unpaired) electrons. The van der Waals surface area contributed by atoms with E-state index in [1.165, 1.54) is 16.5 Å². The summed E-state index contributed by atoms with van der Waals surface area (Å²) in [6.45, 7) is 0. The van der Waals surface area contributed by atoms with Crippen molar-refractivity contribution >= 4 is 10.8 Å². The predicted octanol–water partition coefficient (Wildman–Crippen LogP) is 13.8. The topological polar surface area (TPSA) is 47.9 Å². The molecule has 280 valence electrons. The summed E-state index contributed by atoms with van der Waals surface area (Å²) in [7, 11) is 0. The van der Waals surface area contributed by atoms with Gasteiger partial charge >= 0.3 is 0 Å². The van der Waals surface area contributed by atoms with E-state index in [1.807, 2.05) is 36.4 Å². The fraction of sp³-hybridized carbons (Fsp3) is 0.0179. The van der Waals surface area contributed by atoms with E-state index < -0.39 is 5.41 Å². The summed E-state index contributed by atoms with van der Waals surface area (Å²) in [6, 6.07) is 74.6. The lowest BCUT2D eigenvalue weighted by Crippen LogP contribution is -2.32. The molecule has 0 atom stereocenters. The quantitative estimate of drug-likeness (QED) is 0.175. The summed E-state index contributed by atoms with van der Waals surface area (Å²) in [5.41, 5.74) is 15.2. The maximum absolute atomic E-state index is 6.61. The lowest BCUT2D eigenvalue weighted by Gasteiger charge is -2.39. The second-order valence-electron chi connectivity index (χ2n) is 15.5. The van der Waals surface area contributed by atoms with Gasteiger partial charge in [0.2, 0.25) is 0 Å². The lowest BCUT2D eigenvalue weighted by molar-refractivity contribution is 0.437. The summed E-state index contributed by atoms with van der Waals surface area (Å²) in [5, 5.41) is 2.28. The molecule has 3 heterocycles. The number of ether oxygens (including phenoxy) is 1. The Morgan fingerprint density at radius 1 is 0.333 bits per heavy atom. The standard InChI is InChI=1S/C56H35N3O/c1-3-17-36(18-4-1)48-35-49(37-19-5-2-6-20-37)58-55(57-48)41-24-16-22-39(34-41)38-21-15-23-40(33-38)53-43-26-8-7-25-42(43)52-54(59-53)44-27-9-10-28-45(44)56(52)46-29-11-13-31-50(46)60-51-32-14-12-30-47(51)56/h1-35H. The van der Waals surface area contributed by atoms with Crippen molar-refractivity contribution in [2.75, 3.05) is 0 Å². The van der Waals surface area contributed by atoms with E-state index in [4.69, 9.17) is 19.7 Å². The van der Waals surface area contributed by atoms with E-state index in [0.29, 0.717) is 5.82 Å². The molecule has 0 saturated carbocycles. The zero-order valence-electron chi connectivity index (χ0n) is 32.5. The third-order valence-corrected chi connectivity index (χ3v) is 12.1. The number of para-hydroxylation sites is 2. The van der Waals surface area contributed by atoms with Gasteiger partial charge in [-0.3, -0.25) is 0 Å². The number of benzene rings is 8. The Balaban J connectivity index is 1.02. The smallest absolute Gasteiger partial charge is 0.160 e. The first-order valence-corrected chi connectivity index (χ1v) is 20.4. The Labute approximate surface area is 348 Å². The second kappa shape index (κ2) is 13.6. The summed E-state index contributed by atoms with van der Waals surface area (Å²) >= 11 is 0. The van der Waals surface area contributed by atoms with Crippen molar-refractivity contribution in [2.45, 2.75) is 5.41 Å². The van der Waals surface area contributed by atoms with Gasteiger partial charge in [0, 0.05) is 49.9 Å². The van der Waals surface area contributed by atoms with E-state index in [2.05, 4.69) is 176 Å². The van der Waals surface area contributed by atoms with Gasteiger partial charge in [-0.25, -0.2) is 15.0 Å². The first-order chi connectivity index (χ1) is 29.7. The zero-order chi connectivity index (χ0) is 39.6. The van der Waals surface area contributed by atoms with Gasteiger partial charge in [-0.05, 0) is 52.4 Å². The largest absolute Gasteiger partial charge is 0.457 e. The monoisotopic (exact) mass is 765 g/mol. The van der Waals surface area contributed by atoms with Gasteiger partial charge in [-0.2, -0.15) is 0 Å². The SMILES string of the molecule is c1ccc(-c2cc(-c3ccccc3)nc(-c3cccc(-c4cccc(-c5nc6c(c7ccccc57)C5(c7ccccc7Oc7ccccc75)c5ccccc5-6)c4)c3)n2)cc1. The van der Waals surface area contributed by atoms with Crippen LogP contribution in [0.2, 0.25) is 0 Å². The number of rotatable bonds is 5. The van der Waals surface area contributed by atoms with Crippen molar-refractivity contribution in [3.8, 4) is 79.0 Å². The average Bonchev–Trinajstić information content (AvgIpc) is 3.62. The van der Waals surface area contributed by atoms with Gasteiger partial charge in [0.25, 0.3) is 0 Å². The van der Waals surface area contributed by atoms with Gasteiger partial charge < -0.3 is 4.74 Å². The molecule has 0 bridgehead atoms. The van der Waals surface area contributed by atoms with Crippen LogP contribution in [0.3, 0.4) is 0 Å². The molecule has 0 saturated heterocycles. The van der Waals surface area contributed by atoms with E-state index in [1.54, 1.807) is 0 Å².